The van der Waals surface area contributed by atoms with Crippen LogP contribution in [0.3, 0.4) is 0 Å². The number of piperidine rings is 1. The van der Waals surface area contributed by atoms with E-state index in [2.05, 4.69) is 15.0 Å². The van der Waals surface area contributed by atoms with Gasteiger partial charge < -0.3 is 4.90 Å². The molecule has 9 heteroatoms. The number of nitrogens with zero attached hydrogens (tertiary/aromatic N) is 4. The minimum atomic E-state index is -4.42. The predicted molar refractivity (Wildman–Crippen MR) is 107 cm³/mol. The maximum atomic E-state index is 13.0. The van der Waals surface area contributed by atoms with Crippen molar-refractivity contribution in [2.24, 2.45) is 0 Å². The van der Waals surface area contributed by atoms with Gasteiger partial charge in [0.25, 0.3) is 5.91 Å². The lowest BCUT2D eigenvalue weighted by atomic mass is 9.94. The third-order valence-corrected chi connectivity index (χ3v) is 6.12. The molecule has 0 unspecified atom stereocenters. The number of halogens is 3. The third-order valence-electron chi connectivity index (χ3n) is 5.21. The van der Waals surface area contributed by atoms with Crippen LogP contribution in [0.1, 0.15) is 45.4 Å². The standard InChI is InChI=1S/C21H19F3N4OS/c1-13-19(30-12-26-13)20(29)28-7-3-5-15(11-28)18-10-25-9-17(27-18)14-4-2-6-16(8-14)21(22,23)24/h2,4,6,8-10,12,15H,3,5,7,11H2,1H3/t15-/m0/s1. The fourth-order valence-corrected chi connectivity index (χ4v) is 4.39. The van der Waals surface area contributed by atoms with Gasteiger partial charge in [0.15, 0.2) is 0 Å². The van der Waals surface area contributed by atoms with E-state index in [9.17, 15) is 18.0 Å². The minimum absolute atomic E-state index is 0.0193. The maximum absolute atomic E-state index is 13.0. The van der Waals surface area contributed by atoms with Crippen LogP contribution in [0.5, 0.6) is 0 Å². The molecule has 156 valence electrons. The summed E-state index contributed by atoms with van der Waals surface area (Å²) < 4.78 is 39.1. The van der Waals surface area contributed by atoms with Crippen LogP contribution in [-0.2, 0) is 6.18 Å². The van der Waals surface area contributed by atoms with Crippen LogP contribution in [0.4, 0.5) is 13.2 Å². The summed E-state index contributed by atoms with van der Waals surface area (Å²) >= 11 is 1.33. The zero-order valence-corrected chi connectivity index (χ0v) is 17.0. The van der Waals surface area contributed by atoms with E-state index in [1.54, 1.807) is 22.7 Å². The van der Waals surface area contributed by atoms with Crippen molar-refractivity contribution in [2.75, 3.05) is 13.1 Å². The molecule has 0 N–H and O–H groups in total. The molecule has 1 aliphatic heterocycles. The van der Waals surface area contributed by atoms with Crippen LogP contribution in [0.15, 0.2) is 42.2 Å². The molecule has 3 heterocycles. The van der Waals surface area contributed by atoms with Crippen molar-refractivity contribution in [3.05, 3.63) is 64.0 Å². The number of aryl methyl sites for hydroxylation is 1. The van der Waals surface area contributed by atoms with Crippen molar-refractivity contribution < 1.29 is 18.0 Å². The molecule has 3 aromatic rings. The molecule has 1 saturated heterocycles. The van der Waals surface area contributed by atoms with Crippen LogP contribution in [0, 0.1) is 6.92 Å². The van der Waals surface area contributed by atoms with Crippen molar-refractivity contribution in [1.29, 1.82) is 0 Å². The lowest BCUT2D eigenvalue weighted by Gasteiger charge is -2.32. The van der Waals surface area contributed by atoms with Gasteiger partial charge in [-0.3, -0.25) is 9.78 Å². The summed E-state index contributed by atoms with van der Waals surface area (Å²) in [5.41, 5.74) is 3.10. The largest absolute Gasteiger partial charge is 0.416 e. The second-order valence-electron chi connectivity index (χ2n) is 7.26. The molecular formula is C21H19F3N4OS. The Morgan fingerprint density at radius 1 is 1.27 bits per heavy atom. The number of alkyl halides is 3. The molecule has 2 aromatic heterocycles. The van der Waals surface area contributed by atoms with Gasteiger partial charge in [0.1, 0.15) is 4.88 Å². The summed E-state index contributed by atoms with van der Waals surface area (Å²) in [6.45, 7) is 2.97. The number of hydrogen-bond donors (Lipinski definition) is 0. The highest BCUT2D eigenvalue weighted by atomic mass is 32.1. The first-order valence-electron chi connectivity index (χ1n) is 9.52. The highest BCUT2D eigenvalue weighted by Gasteiger charge is 2.31. The summed E-state index contributed by atoms with van der Waals surface area (Å²) in [6, 6.07) is 5.07. The second kappa shape index (κ2) is 8.14. The smallest absolute Gasteiger partial charge is 0.337 e. The van der Waals surface area contributed by atoms with Crippen molar-refractivity contribution in [2.45, 2.75) is 31.9 Å². The molecule has 1 atom stereocenters. The number of benzene rings is 1. The molecule has 30 heavy (non-hydrogen) atoms. The second-order valence-corrected chi connectivity index (χ2v) is 8.12. The van der Waals surface area contributed by atoms with Crippen LogP contribution in [0.2, 0.25) is 0 Å². The predicted octanol–water partition coefficient (Wildman–Crippen LogP) is 4.95. The van der Waals surface area contributed by atoms with Crippen LogP contribution >= 0.6 is 11.3 Å². The monoisotopic (exact) mass is 432 g/mol. The molecule has 0 radical (unpaired) electrons. The number of thiazole rings is 1. The lowest BCUT2D eigenvalue weighted by molar-refractivity contribution is -0.137. The van der Waals surface area contributed by atoms with E-state index in [0.29, 0.717) is 34.9 Å². The van der Waals surface area contributed by atoms with E-state index in [4.69, 9.17) is 0 Å². The van der Waals surface area contributed by atoms with Gasteiger partial charge in [0.05, 0.1) is 34.4 Å². The molecule has 0 saturated carbocycles. The summed E-state index contributed by atoms with van der Waals surface area (Å²) in [4.78, 5) is 28.2. The summed E-state index contributed by atoms with van der Waals surface area (Å²) in [5, 5.41) is 0. The van der Waals surface area contributed by atoms with E-state index < -0.39 is 11.7 Å². The molecule has 0 spiro atoms. The zero-order valence-electron chi connectivity index (χ0n) is 16.2. The van der Waals surface area contributed by atoms with Crippen LogP contribution < -0.4 is 0 Å². The highest BCUT2D eigenvalue weighted by Crippen LogP contribution is 2.33. The zero-order chi connectivity index (χ0) is 21.3. The number of amides is 1. The van der Waals surface area contributed by atoms with Gasteiger partial charge in [-0.2, -0.15) is 13.2 Å². The van der Waals surface area contributed by atoms with Crippen LogP contribution in [-0.4, -0.2) is 38.8 Å². The first-order valence-corrected chi connectivity index (χ1v) is 10.4. The normalized spacial score (nSPS) is 17.2. The number of carbonyl (C=O) groups is 1. The van der Waals surface area contributed by atoms with Gasteiger partial charge in [0.2, 0.25) is 0 Å². The molecule has 1 amide bonds. The Morgan fingerprint density at radius 3 is 2.83 bits per heavy atom. The fraction of sp³-hybridized carbons (Fsp3) is 0.333. The Hall–Kier alpha value is -2.81. The first kappa shape index (κ1) is 20.5. The first-order chi connectivity index (χ1) is 14.3. The van der Waals surface area contributed by atoms with Crippen molar-refractivity contribution in [3.8, 4) is 11.3 Å². The number of rotatable bonds is 3. The van der Waals surface area contributed by atoms with Gasteiger partial charge >= 0.3 is 6.18 Å². The van der Waals surface area contributed by atoms with E-state index in [1.165, 1.54) is 23.6 Å². The van der Waals surface area contributed by atoms with Gasteiger partial charge in [-0.15, -0.1) is 11.3 Å². The Morgan fingerprint density at radius 2 is 2.10 bits per heavy atom. The van der Waals surface area contributed by atoms with Gasteiger partial charge in [0, 0.05) is 30.8 Å². The topological polar surface area (TPSA) is 59.0 Å². The average molecular weight is 432 g/mol. The third kappa shape index (κ3) is 4.21. The van der Waals surface area contributed by atoms with Crippen LogP contribution in [0.25, 0.3) is 11.3 Å². The van der Waals surface area contributed by atoms with Crippen molar-refractivity contribution in [3.63, 3.8) is 0 Å². The quantitative estimate of drug-likeness (QED) is 0.588. The van der Waals surface area contributed by atoms with Gasteiger partial charge in [-0.05, 0) is 31.9 Å². The maximum Gasteiger partial charge on any atom is 0.416 e. The molecule has 4 rings (SSSR count). The Labute approximate surface area is 175 Å². The van der Waals surface area contributed by atoms with E-state index >= 15 is 0 Å². The van der Waals surface area contributed by atoms with E-state index in [-0.39, 0.29) is 11.8 Å². The fourth-order valence-electron chi connectivity index (χ4n) is 3.63. The van der Waals surface area contributed by atoms with Crippen molar-refractivity contribution >= 4 is 17.2 Å². The minimum Gasteiger partial charge on any atom is -0.337 e. The molecule has 1 fully saturated rings. The van der Waals surface area contributed by atoms with E-state index in [0.717, 1.165) is 30.7 Å². The molecule has 5 nitrogen and oxygen atoms in total. The molecule has 0 bridgehead atoms. The van der Waals surface area contributed by atoms with Gasteiger partial charge in [-0.1, -0.05) is 12.1 Å². The van der Waals surface area contributed by atoms with Crippen molar-refractivity contribution in [1.82, 2.24) is 19.9 Å². The Bertz CT molecular complexity index is 1070. The summed E-state index contributed by atoms with van der Waals surface area (Å²) in [7, 11) is 0. The number of carbonyl (C=O) groups excluding carboxylic acids is 1. The van der Waals surface area contributed by atoms with E-state index in [1.807, 2.05) is 6.92 Å². The highest BCUT2D eigenvalue weighted by molar-refractivity contribution is 7.11. The summed E-state index contributed by atoms with van der Waals surface area (Å²) in [5.74, 6) is -0.0594. The SMILES string of the molecule is Cc1ncsc1C(=O)N1CCC[C@H](c2cncc(-c3cccc(C(F)(F)F)c3)n2)C1. The number of hydrogen-bond acceptors (Lipinski definition) is 5. The summed E-state index contributed by atoms with van der Waals surface area (Å²) in [6.07, 6.45) is 0.342. The Balaban J connectivity index is 1.57. The van der Waals surface area contributed by atoms with Gasteiger partial charge in [-0.25, -0.2) is 9.97 Å². The number of likely N-dealkylation sites (tertiary alicyclic amines) is 1. The average Bonchev–Trinajstić information content (AvgIpc) is 3.19. The Kier molecular flexibility index (Phi) is 5.55. The lowest BCUT2D eigenvalue weighted by Crippen LogP contribution is -2.39. The molecular weight excluding hydrogens is 413 g/mol. The molecule has 1 aliphatic rings. The molecule has 1 aromatic carbocycles. The molecule has 0 aliphatic carbocycles. The number of aromatic nitrogens is 3.